The quantitative estimate of drug-likeness (QED) is 0.664. The summed E-state index contributed by atoms with van der Waals surface area (Å²) in [4.78, 5) is 27.7. The molecule has 3 rings (SSSR count). The smallest absolute Gasteiger partial charge is 0.262 e. The van der Waals surface area contributed by atoms with E-state index in [9.17, 15) is 9.59 Å². The predicted molar refractivity (Wildman–Crippen MR) is 102 cm³/mol. The third-order valence-electron chi connectivity index (χ3n) is 3.68. The molecule has 0 unspecified atom stereocenters. The maximum Gasteiger partial charge on any atom is 0.262 e. The minimum atomic E-state index is -0.345. The van der Waals surface area contributed by atoms with Crippen molar-refractivity contribution in [2.45, 2.75) is 13.1 Å². The van der Waals surface area contributed by atoms with Gasteiger partial charge in [0.1, 0.15) is 6.54 Å². The SMILES string of the molecule is O=C(Cn1c(=S)[nH]c2ccccc2c1=O)NCc1ccc(Cl)cc1Cl. The molecule has 0 radical (unpaired) electrons. The summed E-state index contributed by atoms with van der Waals surface area (Å²) in [6.45, 7) is 0.0534. The highest BCUT2D eigenvalue weighted by molar-refractivity contribution is 7.71. The molecule has 0 aliphatic heterocycles. The number of nitrogens with zero attached hydrogens (tertiary/aromatic N) is 1. The van der Waals surface area contributed by atoms with Gasteiger partial charge in [0.2, 0.25) is 5.91 Å². The molecule has 2 N–H and O–H groups in total. The number of carbonyl (C=O) groups excluding carboxylic acids is 1. The zero-order valence-electron chi connectivity index (χ0n) is 12.9. The second-order valence-corrected chi connectivity index (χ2v) is 6.61. The van der Waals surface area contributed by atoms with Crippen LogP contribution in [0.2, 0.25) is 10.0 Å². The van der Waals surface area contributed by atoms with Crippen LogP contribution in [-0.4, -0.2) is 15.5 Å². The van der Waals surface area contributed by atoms with Crippen LogP contribution in [0.25, 0.3) is 10.9 Å². The van der Waals surface area contributed by atoms with Gasteiger partial charge in [-0.1, -0.05) is 41.4 Å². The number of aromatic nitrogens is 2. The molecule has 0 bridgehead atoms. The molecule has 0 fully saturated rings. The van der Waals surface area contributed by atoms with Gasteiger partial charge in [0.05, 0.1) is 10.9 Å². The number of hydrogen-bond donors (Lipinski definition) is 2. The zero-order valence-corrected chi connectivity index (χ0v) is 15.2. The Hall–Kier alpha value is -2.15. The van der Waals surface area contributed by atoms with E-state index < -0.39 is 0 Å². The highest BCUT2D eigenvalue weighted by Gasteiger charge is 2.10. The van der Waals surface area contributed by atoms with Gasteiger partial charge in [-0.15, -0.1) is 0 Å². The van der Waals surface area contributed by atoms with Crippen molar-refractivity contribution in [3.63, 3.8) is 0 Å². The van der Waals surface area contributed by atoms with E-state index in [-0.39, 0.29) is 29.3 Å². The Bertz CT molecular complexity index is 1080. The van der Waals surface area contributed by atoms with E-state index in [0.717, 1.165) is 5.56 Å². The van der Waals surface area contributed by atoms with Crippen LogP contribution in [0.3, 0.4) is 0 Å². The Balaban J connectivity index is 1.78. The van der Waals surface area contributed by atoms with Gasteiger partial charge in [-0.25, -0.2) is 0 Å². The molecular weight excluding hydrogens is 381 g/mol. The fourth-order valence-corrected chi connectivity index (χ4v) is 3.13. The van der Waals surface area contributed by atoms with E-state index in [1.807, 2.05) is 0 Å². The minimum absolute atomic E-state index is 0.176. The molecule has 5 nitrogen and oxygen atoms in total. The molecule has 0 aliphatic rings. The number of nitrogens with one attached hydrogen (secondary N) is 2. The number of benzene rings is 2. The first-order valence-electron chi connectivity index (χ1n) is 7.38. The van der Waals surface area contributed by atoms with E-state index >= 15 is 0 Å². The Morgan fingerprint density at radius 2 is 1.96 bits per heavy atom. The number of fused-ring (bicyclic) bond motifs is 1. The van der Waals surface area contributed by atoms with E-state index in [1.165, 1.54) is 4.57 Å². The second kappa shape index (κ2) is 7.39. The maximum absolute atomic E-state index is 12.5. The lowest BCUT2D eigenvalue weighted by atomic mass is 10.2. The molecule has 0 atom stereocenters. The Kier molecular flexibility index (Phi) is 5.22. The Labute approximate surface area is 158 Å². The molecule has 3 aromatic rings. The van der Waals surface area contributed by atoms with E-state index in [2.05, 4.69) is 10.3 Å². The summed E-state index contributed by atoms with van der Waals surface area (Å²) in [6.07, 6.45) is 0. The van der Waals surface area contributed by atoms with Crippen LogP contribution >= 0.6 is 35.4 Å². The van der Waals surface area contributed by atoms with Crippen LogP contribution < -0.4 is 10.9 Å². The van der Waals surface area contributed by atoms with Crippen LogP contribution in [0, 0.1) is 4.77 Å². The molecule has 2 aromatic carbocycles. The van der Waals surface area contributed by atoms with Crippen molar-refractivity contribution < 1.29 is 4.79 Å². The Morgan fingerprint density at radius 3 is 2.72 bits per heavy atom. The number of amides is 1. The maximum atomic E-state index is 12.5. The highest BCUT2D eigenvalue weighted by Crippen LogP contribution is 2.20. The number of hydrogen-bond acceptors (Lipinski definition) is 3. The average molecular weight is 394 g/mol. The van der Waals surface area contributed by atoms with Crippen molar-refractivity contribution in [2.75, 3.05) is 0 Å². The van der Waals surface area contributed by atoms with Gasteiger partial charge in [-0.05, 0) is 42.0 Å². The van der Waals surface area contributed by atoms with Crippen LogP contribution in [0.5, 0.6) is 0 Å². The van der Waals surface area contributed by atoms with Gasteiger partial charge < -0.3 is 10.3 Å². The van der Waals surface area contributed by atoms with Crippen molar-refractivity contribution >= 4 is 52.2 Å². The number of H-pyrrole nitrogens is 1. The van der Waals surface area contributed by atoms with Gasteiger partial charge in [0.25, 0.3) is 5.56 Å². The number of rotatable bonds is 4. The summed E-state index contributed by atoms with van der Waals surface area (Å²) < 4.78 is 1.43. The molecule has 128 valence electrons. The normalized spacial score (nSPS) is 10.8. The molecule has 0 saturated heterocycles. The van der Waals surface area contributed by atoms with Gasteiger partial charge in [0.15, 0.2) is 4.77 Å². The zero-order chi connectivity index (χ0) is 18.0. The van der Waals surface area contributed by atoms with E-state index in [4.69, 9.17) is 35.4 Å². The summed E-state index contributed by atoms with van der Waals surface area (Å²) in [6, 6.07) is 12.0. The summed E-state index contributed by atoms with van der Waals surface area (Å²) in [5.41, 5.74) is 1.07. The van der Waals surface area contributed by atoms with Crippen LogP contribution in [0.15, 0.2) is 47.3 Å². The number of halogens is 2. The number of aromatic amines is 1. The molecule has 0 saturated carbocycles. The lowest BCUT2D eigenvalue weighted by Gasteiger charge is -2.10. The van der Waals surface area contributed by atoms with Crippen LogP contribution in [0.4, 0.5) is 0 Å². The van der Waals surface area contributed by atoms with E-state index in [0.29, 0.717) is 20.9 Å². The van der Waals surface area contributed by atoms with Crippen molar-refractivity contribution in [3.8, 4) is 0 Å². The third-order valence-corrected chi connectivity index (χ3v) is 4.59. The van der Waals surface area contributed by atoms with Gasteiger partial charge >= 0.3 is 0 Å². The largest absolute Gasteiger partial charge is 0.350 e. The predicted octanol–water partition coefficient (Wildman–Crippen LogP) is 3.68. The van der Waals surface area contributed by atoms with Crippen molar-refractivity contribution in [1.82, 2.24) is 14.9 Å². The first kappa shape index (κ1) is 17.7. The third kappa shape index (κ3) is 3.92. The fraction of sp³-hybridized carbons (Fsp3) is 0.118. The monoisotopic (exact) mass is 393 g/mol. The topological polar surface area (TPSA) is 66.9 Å². The van der Waals surface area contributed by atoms with Gasteiger partial charge in [0, 0.05) is 16.6 Å². The van der Waals surface area contributed by atoms with Gasteiger partial charge in [-0.2, -0.15) is 0 Å². The van der Waals surface area contributed by atoms with Crippen molar-refractivity contribution in [2.24, 2.45) is 0 Å². The molecule has 1 heterocycles. The minimum Gasteiger partial charge on any atom is -0.350 e. The lowest BCUT2D eigenvalue weighted by Crippen LogP contribution is -2.33. The summed E-state index contributed by atoms with van der Waals surface area (Å²) in [5.74, 6) is -0.345. The lowest BCUT2D eigenvalue weighted by molar-refractivity contribution is -0.121. The standard InChI is InChI=1S/C17H13Cl2N3O2S/c18-11-6-5-10(13(19)7-11)8-20-15(23)9-22-16(24)12-3-1-2-4-14(12)21-17(22)25/h1-7H,8-9H2,(H,20,23)(H,21,25). The molecule has 1 aromatic heterocycles. The van der Waals surface area contributed by atoms with Crippen LogP contribution in [-0.2, 0) is 17.9 Å². The highest BCUT2D eigenvalue weighted by atomic mass is 35.5. The summed E-state index contributed by atoms with van der Waals surface area (Å²) in [7, 11) is 0. The molecule has 25 heavy (non-hydrogen) atoms. The summed E-state index contributed by atoms with van der Waals surface area (Å²) in [5, 5.41) is 4.19. The van der Waals surface area contributed by atoms with Crippen molar-refractivity contribution in [3.05, 3.63) is 73.2 Å². The molecular formula is C17H13Cl2N3O2S. The van der Waals surface area contributed by atoms with E-state index in [1.54, 1.807) is 42.5 Å². The number of carbonyl (C=O) groups is 1. The molecule has 8 heteroatoms. The average Bonchev–Trinajstić information content (AvgIpc) is 2.58. The molecule has 0 aliphatic carbocycles. The first-order chi connectivity index (χ1) is 12.0. The molecule has 0 spiro atoms. The summed E-state index contributed by atoms with van der Waals surface area (Å²) >= 11 is 17.1. The first-order valence-corrected chi connectivity index (χ1v) is 8.54. The number of para-hydroxylation sites is 1. The fourth-order valence-electron chi connectivity index (χ4n) is 2.40. The molecule has 1 amide bonds. The van der Waals surface area contributed by atoms with Gasteiger partial charge in [-0.3, -0.25) is 14.2 Å². The second-order valence-electron chi connectivity index (χ2n) is 5.38. The van der Waals surface area contributed by atoms with Crippen molar-refractivity contribution in [1.29, 1.82) is 0 Å². The Morgan fingerprint density at radius 1 is 1.20 bits per heavy atom. The van der Waals surface area contributed by atoms with Crippen LogP contribution in [0.1, 0.15) is 5.56 Å².